The van der Waals surface area contributed by atoms with Crippen LogP contribution in [0.2, 0.25) is 15.1 Å². The number of hydrazone groups is 1. The van der Waals surface area contributed by atoms with Crippen LogP contribution in [0.5, 0.6) is 0 Å². The molecule has 2 atom stereocenters. The molecule has 10 heteroatoms. The second-order valence-electron chi connectivity index (χ2n) is 7.79. The van der Waals surface area contributed by atoms with E-state index in [0.717, 1.165) is 18.4 Å². The molecular weight excluding hydrogens is 475 g/mol. The lowest BCUT2D eigenvalue weighted by molar-refractivity contribution is -0.139. The Labute approximate surface area is 200 Å². The van der Waals surface area contributed by atoms with Crippen LogP contribution >= 0.6 is 34.8 Å². The van der Waals surface area contributed by atoms with Crippen LogP contribution < -0.4 is 10.4 Å². The topological polar surface area (TPSA) is 85.2 Å². The highest BCUT2D eigenvalue weighted by atomic mass is 35.5. The summed E-state index contributed by atoms with van der Waals surface area (Å²) < 4.78 is 0. The molecule has 2 heterocycles. The Morgan fingerprint density at radius 2 is 1.81 bits per heavy atom. The Morgan fingerprint density at radius 1 is 1.09 bits per heavy atom. The van der Waals surface area contributed by atoms with Gasteiger partial charge in [0.15, 0.2) is 0 Å². The molecule has 168 valence electrons. The summed E-state index contributed by atoms with van der Waals surface area (Å²) in [5.41, 5.74) is 4.74. The third-order valence-corrected chi connectivity index (χ3v) is 6.41. The van der Waals surface area contributed by atoms with Crippen molar-refractivity contribution in [1.29, 1.82) is 0 Å². The number of nitrogens with one attached hydrogen (secondary N) is 1. The minimum atomic E-state index is -0.888. The average molecular weight is 496 g/mol. The summed E-state index contributed by atoms with van der Waals surface area (Å²) in [7, 11) is 0. The Hall–Kier alpha value is -2.32. The number of amides is 1. The molecule has 2 unspecified atom stereocenters. The van der Waals surface area contributed by atoms with Gasteiger partial charge in [-0.2, -0.15) is 5.10 Å². The van der Waals surface area contributed by atoms with Crippen molar-refractivity contribution in [2.45, 2.75) is 37.8 Å². The van der Waals surface area contributed by atoms with Crippen molar-refractivity contribution < 1.29 is 14.7 Å². The van der Waals surface area contributed by atoms with E-state index < -0.39 is 5.97 Å². The zero-order chi connectivity index (χ0) is 22.8. The van der Waals surface area contributed by atoms with Gasteiger partial charge in [-0.25, -0.2) is 5.01 Å². The van der Waals surface area contributed by atoms with Gasteiger partial charge in [-0.3, -0.25) is 20.0 Å². The minimum Gasteiger partial charge on any atom is -0.481 e. The van der Waals surface area contributed by atoms with Gasteiger partial charge in [0.25, 0.3) is 5.91 Å². The molecule has 0 aromatic heterocycles. The van der Waals surface area contributed by atoms with Gasteiger partial charge in [-0.1, -0.05) is 46.9 Å². The molecule has 2 aromatic rings. The third kappa shape index (κ3) is 5.02. The van der Waals surface area contributed by atoms with E-state index in [1.807, 2.05) is 12.1 Å². The largest absolute Gasteiger partial charge is 0.481 e. The standard InChI is InChI=1S/C22H21Cl3N4O3/c23-14-5-3-13(4-6-14)20-12-18(26-29(20)19-8-7-15(24)10-17(19)25)22(32)27-28-9-1-2-16(28)11-21(30)31/h3-8,10,16,20H,1-2,9,11-12H2,(H,27,32)(H,30,31). The molecule has 1 fully saturated rings. The molecule has 7 nitrogen and oxygen atoms in total. The van der Waals surface area contributed by atoms with E-state index in [1.165, 1.54) is 0 Å². The lowest BCUT2D eigenvalue weighted by Crippen LogP contribution is -2.48. The summed E-state index contributed by atoms with van der Waals surface area (Å²) >= 11 is 18.5. The van der Waals surface area contributed by atoms with Crippen LogP contribution in [0.25, 0.3) is 0 Å². The van der Waals surface area contributed by atoms with Crippen LogP contribution in [0.15, 0.2) is 47.6 Å². The number of hydrogen-bond acceptors (Lipinski definition) is 5. The van der Waals surface area contributed by atoms with E-state index in [0.29, 0.717) is 39.4 Å². The van der Waals surface area contributed by atoms with E-state index in [4.69, 9.17) is 39.9 Å². The Kier molecular flexibility index (Phi) is 6.90. The number of carbonyl (C=O) groups is 2. The van der Waals surface area contributed by atoms with Crippen molar-refractivity contribution in [1.82, 2.24) is 10.4 Å². The molecular formula is C22H21Cl3N4O3. The molecule has 2 aromatic carbocycles. The molecule has 0 saturated carbocycles. The number of aliphatic carboxylic acids is 1. The summed E-state index contributed by atoms with van der Waals surface area (Å²) in [6.45, 7) is 0.601. The SMILES string of the molecule is O=C(O)CC1CCCN1NC(=O)C1=NN(c2ccc(Cl)cc2Cl)C(c2ccc(Cl)cc2)C1. The van der Waals surface area contributed by atoms with Gasteiger partial charge in [0, 0.05) is 29.1 Å². The molecule has 0 aliphatic carbocycles. The number of hydrogen-bond donors (Lipinski definition) is 2. The van der Waals surface area contributed by atoms with Gasteiger partial charge in [0.05, 0.1) is 23.2 Å². The number of rotatable bonds is 6. The normalized spacial score (nSPS) is 21.0. The van der Waals surface area contributed by atoms with Crippen molar-refractivity contribution >= 4 is 58.1 Å². The van der Waals surface area contributed by atoms with E-state index in [-0.39, 0.29) is 24.4 Å². The highest BCUT2D eigenvalue weighted by molar-refractivity contribution is 6.40. The van der Waals surface area contributed by atoms with Crippen LogP contribution in [0.4, 0.5) is 5.69 Å². The number of nitrogens with zero attached hydrogens (tertiary/aromatic N) is 3. The molecule has 2 N–H and O–H groups in total. The van der Waals surface area contributed by atoms with Crippen molar-refractivity contribution in [3.63, 3.8) is 0 Å². The fraction of sp³-hybridized carbons (Fsp3) is 0.318. The van der Waals surface area contributed by atoms with Crippen LogP contribution in [0.1, 0.15) is 37.3 Å². The average Bonchev–Trinajstić information content (AvgIpc) is 3.36. The zero-order valence-electron chi connectivity index (χ0n) is 17.0. The summed E-state index contributed by atoms with van der Waals surface area (Å²) in [4.78, 5) is 24.2. The first-order chi connectivity index (χ1) is 15.3. The lowest BCUT2D eigenvalue weighted by Gasteiger charge is -2.25. The number of carboxylic acids is 1. The van der Waals surface area contributed by atoms with E-state index >= 15 is 0 Å². The first-order valence-corrected chi connectivity index (χ1v) is 11.3. The summed E-state index contributed by atoms with van der Waals surface area (Å²) in [6, 6.07) is 12.0. The third-order valence-electron chi connectivity index (χ3n) is 5.62. The molecule has 1 saturated heterocycles. The van der Waals surface area contributed by atoms with E-state index in [9.17, 15) is 9.59 Å². The van der Waals surface area contributed by atoms with Crippen LogP contribution in [-0.2, 0) is 9.59 Å². The summed E-state index contributed by atoms with van der Waals surface area (Å²) in [5.74, 6) is -1.24. The lowest BCUT2D eigenvalue weighted by atomic mass is 10.0. The van der Waals surface area contributed by atoms with Gasteiger partial charge in [-0.05, 0) is 48.7 Å². The minimum absolute atomic E-state index is 0.0212. The number of carboxylic acid groups (broad SMARTS) is 1. The monoisotopic (exact) mass is 494 g/mol. The number of halogens is 3. The van der Waals surface area contributed by atoms with Gasteiger partial charge in [-0.15, -0.1) is 0 Å². The van der Waals surface area contributed by atoms with Gasteiger partial charge >= 0.3 is 5.97 Å². The van der Waals surface area contributed by atoms with Crippen molar-refractivity contribution in [2.24, 2.45) is 5.10 Å². The van der Waals surface area contributed by atoms with Crippen molar-refractivity contribution in [3.05, 3.63) is 63.1 Å². The Morgan fingerprint density at radius 3 is 2.50 bits per heavy atom. The predicted molar refractivity (Wildman–Crippen MR) is 125 cm³/mol. The molecule has 1 amide bonds. The van der Waals surface area contributed by atoms with Crippen molar-refractivity contribution in [3.8, 4) is 0 Å². The molecule has 0 spiro atoms. The molecule has 0 bridgehead atoms. The highest BCUT2D eigenvalue weighted by Crippen LogP contribution is 2.40. The van der Waals surface area contributed by atoms with Crippen LogP contribution in [-0.4, -0.2) is 40.3 Å². The molecule has 2 aliphatic heterocycles. The van der Waals surface area contributed by atoms with Gasteiger partial charge in [0.2, 0.25) is 0 Å². The maximum Gasteiger partial charge on any atom is 0.305 e. The smallest absolute Gasteiger partial charge is 0.305 e. The highest BCUT2D eigenvalue weighted by Gasteiger charge is 2.35. The Balaban J connectivity index is 1.60. The predicted octanol–water partition coefficient (Wildman–Crippen LogP) is 4.92. The summed E-state index contributed by atoms with van der Waals surface area (Å²) in [6.07, 6.45) is 1.88. The number of benzene rings is 2. The molecule has 4 rings (SSSR count). The van der Waals surface area contributed by atoms with Gasteiger partial charge in [0.1, 0.15) is 5.71 Å². The number of anilines is 1. The van der Waals surface area contributed by atoms with Crippen molar-refractivity contribution in [2.75, 3.05) is 11.6 Å². The molecule has 32 heavy (non-hydrogen) atoms. The van der Waals surface area contributed by atoms with E-state index in [1.54, 1.807) is 40.3 Å². The fourth-order valence-corrected chi connectivity index (χ4v) is 4.69. The summed E-state index contributed by atoms with van der Waals surface area (Å²) in [5, 5.41) is 18.7. The van der Waals surface area contributed by atoms with Crippen LogP contribution in [0, 0.1) is 0 Å². The fourth-order valence-electron chi connectivity index (χ4n) is 4.07. The maximum atomic E-state index is 13.0. The maximum absolute atomic E-state index is 13.0. The molecule has 2 aliphatic rings. The second kappa shape index (κ2) is 9.67. The molecule has 0 radical (unpaired) electrons. The Bertz CT molecular complexity index is 1060. The van der Waals surface area contributed by atoms with Crippen LogP contribution in [0.3, 0.4) is 0 Å². The van der Waals surface area contributed by atoms with E-state index in [2.05, 4.69) is 10.5 Å². The zero-order valence-corrected chi connectivity index (χ0v) is 19.2. The first kappa shape index (κ1) is 22.9. The quantitative estimate of drug-likeness (QED) is 0.594. The van der Waals surface area contributed by atoms with Gasteiger partial charge < -0.3 is 5.11 Å². The number of carbonyl (C=O) groups excluding carboxylic acids is 1. The first-order valence-electron chi connectivity index (χ1n) is 10.2. The number of hydrazine groups is 1. The second-order valence-corrected chi connectivity index (χ2v) is 9.07.